The molecule has 0 bridgehead atoms. The Bertz CT molecular complexity index is 165. The number of halogens is 3. The van der Waals surface area contributed by atoms with E-state index in [0.717, 1.165) is 0 Å². The average molecular weight is 311 g/mol. The standard InChI is InChI=1S/C8H12.C2H3O.3FH.Rh/c1-2-4-6-8-7-5-3-1;1-2-3;;;;/h1-4H,5-8H2;1H3;3*1H;/q;-1;;;;+3/p-3. The fourth-order valence-corrected chi connectivity index (χ4v) is 0.874. The minimum atomic E-state index is -4.58. The predicted molar refractivity (Wildman–Crippen MR) is 51.4 cm³/mol. The summed E-state index contributed by atoms with van der Waals surface area (Å²) in [6.07, 6.45) is 15.5. The van der Waals surface area contributed by atoms with Crippen LogP contribution < -0.4 is 0 Å². The van der Waals surface area contributed by atoms with Crippen LogP contribution in [0.15, 0.2) is 24.3 Å². The van der Waals surface area contributed by atoms with Crippen molar-refractivity contribution in [2.24, 2.45) is 0 Å². The summed E-state index contributed by atoms with van der Waals surface area (Å²) in [6.45, 7) is 1.32. The second kappa shape index (κ2) is 16.0. The third-order valence-corrected chi connectivity index (χ3v) is 1.37. The first-order valence-electron chi connectivity index (χ1n) is 4.40. The van der Waals surface area contributed by atoms with Gasteiger partial charge in [0.25, 0.3) is 0 Å². The Morgan fingerprint density at radius 2 is 1.33 bits per heavy atom. The monoisotopic (exact) mass is 311 g/mol. The third kappa shape index (κ3) is 31.7. The molecular weight excluding hydrogens is 296 g/mol. The molecule has 0 radical (unpaired) electrons. The third-order valence-electron chi connectivity index (χ3n) is 1.37. The molecule has 5 heteroatoms. The van der Waals surface area contributed by atoms with Crippen molar-refractivity contribution < 1.29 is 32.2 Å². The molecule has 0 amide bonds. The van der Waals surface area contributed by atoms with E-state index in [2.05, 4.69) is 24.3 Å². The van der Waals surface area contributed by atoms with E-state index in [1.54, 1.807) is 0 Å². The predicted octanol–water partition coefficient (Wildman–Crippen LogP) is 4.05. The maximum absolute atomic E-state index is 9.80. The summed E-state index contributed by atoms with van der Waals surface area (Å²) >= 11 is -4.58. The SMILES string of the molecule is C1=CCCCCC=C1.C[C-]=O.[F][Rh]([F])[F]. The van der Waals surface area contributed by atoms with Crippen molar-refractivity contribution in [3.05, 3.63) is 24.3 Å². The van der Waals surface area contributed by atoms with E-state index in [1.807, 2.05) is 0 Å². The zero-order chi connectivity index (χ0) is 11.9. The average Bonchev–Trinajstić information content (AvgIpc) is 2.01. The summed E-state index contributed by atoms with van der Waals surface area (Å²) in [5, 5.41) is 0. The molecule has 1 nitrogen and oxygen atoms in total. The van der Waals surface area contributed by atoms with Gasteiger partial charge in [0, 0.05) is 0 Å². The van der Waals surface area contributed by atoms with Gasteiger partial charge in [0.15, 0.2) is 0 Å². The molecule has 0 atom stereocenters. The van der Waals surface area contributed by atoms with Crippen LogP contribution in [0.5, 0.6) is 0 Å². The van der Waals surface area contributed by atoms with Crippen LogP contribution in [0.3, 0.4) is 0 Å². The van der Waals surface area contributed by atoms with Gasteiger partial charge >= 0.3 is 27.4 Å². The van der Waals surface area contributed by atoms with E-state index < -0.39 is 17.4 Å². The van der Waals surface area contributed by atoms with Crippen LogP contribution in [-0.2, 0) is 22.2 Å². The first-order valence-corrected chi connectivity index (χ1v) is 6.26. The summed E-state index contributed by atoms with van der Waals surface area (Å²) in [5.41, 5.74) is 0. The molecule has 0 saturated carbocycles. The number of allylic oxidation sites excluding steroid dienone is 4. The molecule has 0 fully saturated rings. The van der Waals surface area contributed by atoms with E-state index >= 15 is 0 Å². The van der Waals surface area contributed by atoms with Gasteiger partial charge in [-0.1, -0.05) is 24.3 Å². The molecule has 1 aliphatic carbocycles. The van der Waals surface area contributed by atoms with E-state index in [4.69, 9.17) is 4.79 Å². The quantitative estimate of drug-likeness (QED) is 0.487. The zero-order valence-corrected chi connectivity index (χ0v) is 10.2. The molecule has 0 unspecified atom stereocenters. The molecule has 0 aromatic heterocycles. The van der Waals surface area contributed by atoms with Gasteiger partial charge < -0.3 is 4.79 Å². The van der Waals surface area contributed by atoms with Gasteiger partial charge in [-0.3, -0.25) is 6.29 Å². The summed E-state index contributed by atoms with van der Waals surface area (Å²) in [5.74, 6) is 0. The molecule has 0 heterocycles. The fourth-order valence-electron chi connectivity index (χ4n) is 0.874. The maximum atomic E-state index is 9.80. The fraction of sp³-hybridized carbons (Fsp3) is 0.500. The number of rotatable bonds is 0. The van der Waals surface area contributed by atoms with Crippen molar-refractivity contribution in [3.8, 4) is 0 Å². The molecule has 0 saturated heterocycles. The van der Waals surface area contributed by atoms with Crippen molar-refractivity contribution in [1.82, 2.24) is 0 Å². The molecule has 1 aliphatic rings. The van der Waals surface area contributed by atoms with Crippen LogP contribution in [0, 0.1) is 0 Å². The normalized spacial score (nSPS) is 14.5. The van der Waals surface area contributed by atoms with Crippen LogP contribution in [0.1, 0.15) is 32.6 Å². The number of hydrogen-bond donors (Lipinski definition) is 0. The van der Waals surface area contributed by atoms with Gasteiger partial charge in [-0.25, -0.2) is 0 Å². The molecule has 0 N–H and O–H groups in total. The van der Waals surface area contributed by atoms with Crippen LogP contribution in [0.25, 0.3) is 0 Å². The second-order valence-corrected chi connectivity index (χ2v) is 3.19. The van der Waals surface area contributed by atoms with Gasteiger partial charge in [-0.05, 0) is 25.7 Å². The Balaban J connectivity index is 0. The summed E-state index contributed by atoms with van der Waals surface area (Å²) in [4.78, 5) is 8.68. The second-order valence-electron chi connectivity index (χ2n) is 2.49. The Morgan fingerprint density at radius 3 is 1.60 bits per heavy atom. The minimum absolute atomic E-state index is 1.27. The first kappa shape index (κ1) is 17.0. The van der Waals surface area contributed by atoms with E-state index in [0.29, 0.717) is 0 Å². The van der Waals surface area contributed by atoms with Crippen LogP contribution in [-0.4, -0.2) is 6.29 Å². The van der Waals surface area contributed by atoms with Gasteiger partial charge in [0.2, 0.25) is 0 Å². The van der Waals surface area contributed by atoms with E-state index in [1.165, 1.54) is 38.9 Å². The Morgan fingerprint density at radius 1 is 1.07 bits per heavy atom. The Kier molecular flexibility index (Phi) is 18.1. The first-order chi connectivity index (χ1) is 7.15. The Hall–Kier alpha value is -0.437. The van der Waals surface area contributed by atoms with Crippen LogP contribution in [0.4, 0.5) is 9.95 Å². The molecular formula is C10H15F3ORh-. The number of carbonyl (C=O) groups excluding carboxylic acids is 1. The molecule has 92 valence electrons. The van der Waals surface area contributed by atoms with Crippen molar-refractivity contribution >= 4 is 6.29 Å². The van der Waals surface area contributed by atoms with Gasteiger partial charge in [-0.2, -0.15) is 6.92 Å². The van der Waals surface area contributed by atoms with Crippen LogP contribution in [0.2, 0.25) is 0 Å². The zero-order valence-electron chi connectivity index (χ0n) is 8.51. The molecule has 0 aliphatic heterocycles. The molecule has 15 heavy (non-hydrogen) atoms. The van der Waals surface area contributed by atoms with Gasteiger partial charge in [0.1, 0.15) is 0 Å². The molecule has 0 spiro atoms. The Labute approximate surface area is 95.7 Å². The van der Waals surface area contributed by atoms with E-state index in [-0.39, 0.29) is 0 Å². The topological polar surface area (TPSA) is 17.1 Å². The van der Waals surface area contributed by atoms with Crippen molar-refractivity contribution in [2.45, 2.75) is 32.6 Å². The summed E-state index contributed by atoms with van der Waals surface area (Å²) in [6, 6.07) is 0. The molecule has 0 aromatic carbocycles. The molecule has 1 rings (SSSR count). The van der Waals surface area contributed by atoms with Gasteiger partial charge in [0.05, 0.1) is 0 Å². The van der Waals surface area contributed by atoms with E-state index in [9.17, 15) is 9.95 Å². The van der Waals surface area contributed by atoms with Crippen molar-refractivity contribution in [2.75, 3.05) is 0 Å². The summed E-state index contributed by atoms with van der Waals surface area (Å²) in [7, 11) is 0. The van der Waals surface area contributed by atoms with Crippen LogP contribution >= 0.6 is 0 Å². The molecule has 0 aromatic rings. The van der Waals surface area contributed by atoms with Gasteiger partial charge in [-0.15, -0.1) is 0 Å². The summed E-state index contributed by atoms with van der Waals surface area (Å²) < 4.78 is 29.4. The number of hydrogen-bond acceptors (Lipinski definition) is 1. The van der Waals surface area contributed by atoms with Crippen molar-refractivity contribution in [3.63, 3.8) is 0 Å². The van der Waals surface area contributed by atoms with Crippen molar-refractivity contribution in [1.29, 1.82) is 0 Å².